The quantitative estimate of drug-likeness (QED) is 0.484. The molecule has 0 bridgehead atoms. The molecule has 0 unspecified atom stereocenters. The molecule has 0 aliphatic heterocycles. The molecule has 114 valence electrons. The molecular weight excluding hydrogens is 304 g/mol. The lowest BCUT2D eigenvalue weighted by molar-refractivity contribution is 0.433. The van der Waals surface area contributed by atoms with Crippen molar-refractivity contribution >= 4 is 22.9 Å². The summed E-state index contributed by atoms with van der Waals surface area (Å²) in [5.41, 5.74) is 2.51. The Morgan fingerprint density at radius 3 is 2.57 bits per heavy atom. The van der Waals surface area contributed by atoms with Gasteiger partial charge in [0.15, 0.2) is 5.58 Å². The molecule has 0 fully saturated rings. The molecule has 0 atom stereocenters. The molecular formula is C19H16N2OS. The van der Waals surface area contributed by atoms with Crippen LogP contribution in [0.2, 0.25) is 0 Å². The first kappa shape index (κ1) is 15.4. The number of para-hydroxylation sites is 2. The van der Waals surface area contributed by atoms with Crippen LogP contribution >= 0.6 is 11.8 Å². The van der Waals surface area contributed by atoms with Crippen molar-refractivity contribution in [3.63, 3.8) is 0 Å². The molecule has 1 aromatic heterocycles. The van der Waals surface area contributed by atoms with Gasteiger partial charge < -0.3 is 4.42 Å². The van der Waals surface area contributed by atoms with Gasteiger partial charge in [0.05, 0.1) is 11.5 Å². The number of oxazole rings is 1. The van der Waals surface area contributed by atoms with Crippen molar-refractivity contribution in [2.24, 2.45) is 0 Å². The van der Waals surface area contributed by atoms with Gasteiger partial charge in [0, 0.05) is 11.0 Å². The second-order valence-electron chi connectivity index (χ2n) is 5.69. The molecule has 0 spiro atoms. The largest absolute Gasteiger partial charge is 0.440 e. The topological polar surface area (TPSA) is 49.8 Å². The van der Waals surface area contributed by atoms with E-state index in [-0.39, 0.29) is 5.41 Å². The average Bonchev–Trinajstić information content (AvgIpc) is 3.00. The van der Waals surface area contributed by atoms with Crippen molar-refractivity contribution in [3.8, 4) is 6.07 Å². The number of thioether (sulfide) groups is 1. The number of benzene rings is 2. The number of rotatable bonds is 4. The minimum Gasteiger partial charge on any atom is -0.440 e. The van der Waals surface area contributed by atoms with E-state index in [4.69, 9.17) is 9.68 Å². The Hall–Kier alpha value is -2.51. The normalized spacial score (nSPS) is 11.9. The molecule has 0 saturated heterocycles. The van der Waals surface area contributed by atoms with Gasteiger partial charge in [0.25, 0.3) is 0 Å². The van der Waals surface area contributed by atoms with E-state index in [0.29, 0.717) is 5.89 Å². The monoisotopic (exact) mass is 320 g/mol. The third kappa shape index (κ3) is 3.15. The number of aromatic nitrogens is 1. The van der Waals surface area contributed by atoms with E-state index < -0.39 is 0 Å². The average molecular weight is 320 g/mol. The summed E-state index contributed by atoms with van der Waals surface area (Å²) in [5, 5.41) is 10.3. The molecule has 0 amide bonds. The van der Waals surface area contributed by atoms with E-state index in [1.165, 1.54) is 17.8 Å². The van der Waals surface area contributed by atoms with Crippen molar-refractivity contribution in [1.82, 2.24) is 4.98 Å². The predicted molar refractivity (Wildman–Crippen MR) is 93.2 cm³/mol. The maximum absolute atomic E-state index is 8.51. The van der Waals surface area contributed by atoms with Crippen LogP contribution < -0.4 is 0 Å². The fraction of sp³-hybridized carbons (Fsp3) is 0.158. The summed E-state index contributed by atoms with van der Waals surface area (Å²) in [7, 11) is 0. The number of allylic oxidation sites excluding steroid dienone is 1. The van der Waals surface area contributed by atoms with Crippen LogP contribution in [0.25, 0.3) is 11.1 Å². The van der Waals surface area contributed by atoms with Crippen LogP contribution in [0.15, 0.2) is 69.3 Å². The highest BCUT2D eigenvalue weighted by Gasteiger charge is 2.28. The lowest BCUT2D eigenvalue weighted by Crippen LogP contribution is -2.19. The van der Waals surface area contributed by atoms with Crippen LogP contribution in [-0.2, 0) is 5.41 Å². The third-order valence-corrected chi connectivity index (χ3v) is 4.57. The molecule has 0 N–H and O–H groups in total. The van der Waals surface area contributed by atoms with Crippen LogP contribution in [0.5, 0.6) is 0 Å². The lowest BCUT2D eigenvalue weighted by Gasteiger charge is -2.21. The Morgan fingerprint density at radius 1 is 1.13 bits per heavy atom. The first-order valence-corrected chi connectivity index (χ1v) is 8.17. The summed E-state index contributed by atoms with van der Waals surface area (Å²) >= 11 is 1.52. The number of hydrogen-bond acceptors (Lipinski definition) is 4. The number of hydrogen-bond donors (Lipinski definition) is 0. The van der Waals surface area contributed by atoms with E-state index in [9.17, 15) is 0 Å². The minimum atomic E-state index is -0.315. The smallest absolute Gasteiger partial charge is 0.205 e. The molecule has 23 heavy (non-hydrogen) atoms. The third-order valence-electron chi connectivity index (χ3n) is 3.75. The standard InChI is InChI=1S/C19H16N2OS/c1-19(2,18-21-16-6-3-4-7-17(16)22-18)14-8-10-15(11-9-14)23-13-5-12-20/h3-11,13H,1-2H3/b13-5+. The molecule has 3 aromatic rings. The molecule has 1 heterocycles. The first-order valence-electron chi connectivity index (χ1n) is 7.29. The predicted octanol–water partition coefficient (Wildman–Crippen LogP) is 5.28. The fourth-order valence-electron chi connectivity index (χ4n) is 2.36. The van der Waals surface area contributed by atoms with E-state index in [1.54, 1.807) is 5.41 Å². The van der Waals surface area contributed by atoms with E-state index in [0.717, 1.165) is 21.6 Å². The van der Waals surface area contributed by atoms with Crippen molar-refractivity contribution in [2.45, 2.75) is 24.2 Å². The summed E-state index contributed by atoms with van der Waals surface area (Å²) in [6.45, 7) is 4.21. The Labute approximate surface area is 139 Å². The van der Waals surface area contributed by atoms with Gasteiger partial charge in [0.2, 0.25) is 5.89 Å². The Morgan fingerprint density at radius 2 is 1.87 bits per heavy atom. The maximum atomic E-state index is 8.51. The number of nitriles is 1. The zero-order chi connectivity index (χ0) is 16.3. The molecule has 0 radical (unpaired) electrons. The van der Waals surface area contributed by atoms with Crippen LogP contribution in [0.1, 0.15) is 25.3 Å². The molecule has 3 rings (SSSR count). The molecule has 0 saturated carbocycles. The highest BCUT2D eigenvalue weighted by atomic mass is 32.2. The van der Waals surface area contributed by atoms with E-state index in [1.807, 2.05) is 42.5 Å². The van der Waals surface area contributed by atoms with Gasteiger partial charge in [-0.15, -0.1) is 0 Å². The van der Waals surface area contributed by atoms with Crippen molar-refractivity contribution in [3.05, 3.63) is 71.5 Å². The van der Waals surface area contributed by atoms with Crippen LogP contribution in [0.3, 0.4) is 0 Å². The van der Waals surface area contributed by atoms with Gasteiger partial charge in [-0.3, -0.25) is 0 Å². The van der Waals surface area contributed by atoms with Gasteiger partial charge in [-0.2, -0.15) is 5.26 Å². The van der Waals surface area contributed by atoms with Gasteiger partial charge in [0.1, 0.15) is 5.52 Å². The van der Waals surface area contributed by atoms with Gasteiger partial charge >= 0.3 is 0 Å². The Kier molecular flexibility index (Phi) is 4.22. The SMILES string of the molecule is CC(C)(c1ccc(S/C=C/C#N)cc1)c1nc2ccccc2o1. The van der Waals surface area contributed by atoms with Crippen molar-refractivity contribution < 1.29 is 4.42 Å². The Balaban J connectivity index is 1.89. The summed E-state index contributed by atoms with van der Waals surface area (Å²) in [6.07, 6.45) is 1.47. The van der Waals surface area contributed by atoms with Gasteiger partial charge in [-0.25, -0.2) is 4.98 Å². The van der Waals surface area contributed by atoms with Gasteiger partial charge in [-0.05, 0) is 49.1 Å². The van der Waals surface area contributed by atoms with Gasteiger partial charge in [-0.1, -0.05) is 36.0 Å². The number of fused-ring (bicyclic) bond motifs is 1. The zero-order valence-corrected chi connectivity index (χ0v) is 13.8. The van der Waals surface area contributed by atoms with Crippen LogP contribution in [0, 0.1) is 11.3 Å². The summed E-state index contributed by atoms with van der Waals surface area (Å²) in [5.74, 6) is 0.712. The van der Waals surface area contributed by atoms with Crippen molar-refractivity contribution in [1.29, 1.82) is 5.26 Å². The van der Waals surface area contributed by atoms with E-state index >= 15 is 0 Å². The fourth-order valence-corrected chi connectivity index (χ4v) is 2.94. The summed E-state index contributed by atoms with van der Waals surface area (Å²) in [4.78, 5) is 5.72. The second kappa shape index (κ2) is 6.31. The zero-order valence-electron chi connectivity index (χ0n) is 13.0. The highest BCUT2D eigenvalue weighted by Crippen LogP contribution is 2.34. The summed E-state index contributed by atoms with van der Waals surface area (Å²) < 4.78 is 5.93. The molecule has 3 nitrogen and oxygen atoms in total. The van der Waals surface area contributed by atoms with Crippen LogP contribution in [0.4, 0.5) is 0 Å². The lowest BCUT2D eigenvalue weighted by atomic mass is 9.84. The van der Waals surface area contributed by atoms with Crippen LogP contribution in [-0.4, -0.2) is 4.98 Å². The Bertz CT molecular complexity index is 853. The number of nitrogens with zero attached hydrogens (tertiary/aromatic N) is 2. The van der Waals surface area contributed by atoms with Crippen molar-refractivity contribution in [2.75, 3.05) is 0 Å². The molecule has 4 heteroatoms. The second-order valence-corrected chi connectivity index (χ2v) is 6.67. The minimum absolute atomic E-state index is 0.315. The van der Waals surface area contributed by atoms with E-state index in [2.05, 4.69) is 31.0 Å². The highest BCUT2D eigenvalue weighted by molar-refractivity contribution is 8.02. The molecule has 0 aliphatic rings. The first-order chi connectivity index (χ1) is 11.1. The maximum Gasteiger partial charge on any atom is 0.205 e. The molecule has 0 aliphatic carbocycles. The summed E-state index contributed by atoms with van der Waals surface area (Å²) in [6, 6.07) is 18.0. The molecule has 2 aromatic carbocycles.